The Balaban J connectivity index is 1.65. The summed E-state index contributed by atoms with van der Waals surface area (Å²) in [6.07, 6.45) is 3.81. The zero-order valence-electron chi connectivity index (χ0n) is 17.6. The van der Waals surface area contributed by atoms with Gasteiger partial charge < -0.3 is 10.1 Å². The van der Waals surface area contributed by atoms with E-state index < -0.39 is 10.0 Å². The van der Waals surface area contributed by atoms with Crippen LogP contribution in [0.1, 0.15) is 49.8 Å². The molecule has 0 aliphatic carbocycles. The minimum Gasteiger partial charge on any atom is -0.496 e. The summed E-state index contributed by atoms with van der Waals surface area (Å²) in [6, 6.07) is 14.2. The Kier molecular flexibility index (Phi) is 7.50. The number of hydrogen-bond donors (Lipinski definition) is 1. The third-order valence-electron chi connectivity index (χ3n) is 5.50. The Labute approximate surface area is 179 Å². The van der Waals surface area contributed by atoms with Crippen molar-refractivity contribution in [3.05, 3.63) is 59.7 Å². The molecule has 1 saturated heterocycles. The highest BCUT2D eigenvalue weighted by atomic mass is 32.2. The summed E-state index contributed by atoms with van der Waals surface area (Å²) in [7, 11) is -1.84. The molecule has 6 nitrogen and oxygen atoms in total. The highest BCUT2D eigenvalue weighted by molar-refractivity contribution is 7.89. The summed E-state index contributed by atoms with van der Waals surface area (Å²) in [4.78, 5) is 12.9. The molecule has 162 valence electrons. The molecule has 1 atom stereocenters. The van der Waals surface area contributed by atoms with Crippen LogP contribution in [0.15, 0.2) is 53.4 Å². The summed E-state index contributed by atoms with van der Waals surface area (Å²) in [5.41, 5.74) is 1.72. The molecule has 0 saturated carbocycles. The van der Waals surface area contributed by atoms with Gasteiger partial charge in [0.05, 0.1) is 24.5 Å². The van der Waals surface area contributed by atoms with Crippen molar-refractivity contribution in [2.24, 2.45) is 0 Å². The number of ether oxygens (including phenoxy) is 1. The van der Waals surface area contributed by atoms with Crippen molar-refractivity contribution in [2.75, 3.05) is 20.2 Å². The van der Waals surface area contributed by atoms with Crippen LogP contribution in [-0.4, -0.2) is 38.8 Å². The number of nitrogens with one attached hydrogen (secondary N) is 1. The van der Waals surface area contributed by atoms with E-state index in [0.717, 1.165) is 42.6 Å². The second-order valence-corrected chi connectivity index (χ2v) is 9.49. The van der Waals surface area contributed by atoms with Gasteiger partial charge in [-0.05, 0) is 43.0 Å². The lowest BCUT2D eigenvalue weighted by Crippen LogP contribution is -2.35. The van der Waals surface area contributed by atoms with Gasteiger partial charge in [0.2, 0.25) is 15.9 Å². The number of carbonyl (C=O) groups is 1. The summed E-state index contributed by atoms with van der Waals surface area (Å²) >= 11 is 0. The standard InChI is InChI=1S/C23H30N2O4S/c1-3-21(20-9-5-6-10-22(20)29-2)24-23(26)17-18-11-13-19(14-12-18)30(27,28)25-15-7-4-8-16-25/h5-6,9-14,21H,3-4,7-8,15-17H2,1-2H3,(H,24,26). The lowest BCUT2D eigenvalue weighted by atomic mass is 10.0. The van der Waals surface area contributed by atoms with Crippen molar-refractivity contribution >= 4 is 15.9 Å². The lowest BCUT2D eigenvalue weighted by molar-refractivity contribution is -0.121. The summed E-state index contributed by atoms with van der Waals surface area (Å²) in [5, 5.41) is 3.06. The highest BCUT2D eigenvalue weighted by Gasteiger charge is 2.25. The zero-order valence-corrected chi connectivity index (χ0v) is 18.5. The molecule has 1 aliphatic rings. The fourth-order valence-electron chi connectivity index (χ4n) is 3.82. The predicted molar refractivity (Wildman–Crippen MR) is 117 cm³/mol. The number of methoxy groups -OCH3 is 1. The Morgan fingerprint density at radius 2 is 1.73 bits per heavy atom. The third-order valence-corrected chi connectivity index (χ3v) is 7.41. The molecule has 0 spiro atoms. The number of piperidine rings is 1. The van der Waals surface area contributed by atoms with Gasteiger partial charge in [0.1, 0.15) is 5.75 Å². The fraction of sp³-hybridized carbons (Fsp3) is 0.435. The molecule has 2 aromatic rings. The number of benzene rings is 2. The molecular formula is C23H30N2O4S. The van der Waals surface area contributed by atoms with Gasteiger partial charge in [-0.25, -0.2) is 8.42 Å². The topological polar surface area (TPSA) is 75.7 Å². The van der Waals surface area contributed by atoms with Crippen molar-refractivity contribution in [1.82, 2.24) is 9.62 Å². The average Bonchev–Trinajstić information content (AvgIpc) is 2.78. The second kappa shape index (κ2) is 10.1. The summed E-state index contributed by atoms with van der Waals surface area (Å²) in [6.45, 7) is 3.17. The smallest absolute Gasteiger partial charge is 0.243 e. The molecule has 0 radical (unpaired) electrons. The van der Waals surface area contributed by atoms with Crippen LogP contribution in [0.2, 0.25) is 0 Å². The number of hydrogen-bond acceptors (Lipinski definition) is 4. The van der Waals surface area contributed by atoms with E-state index in [2.05, 4.69) is 5.32 Å². The zero-order chi connectivity index (χ0) is 21.6. The van der Waals surface area contributed by atoms with Gasteiger partial charge in [0.15, 0.2) is 0 Å². The van der Waals surface area contributed by atoms with E-state index in [-0.39, 0.29) is 23.3 Å². The molecular weight excluding hydrogens is 400 g/mol. The van der Waals surface area contributed by atoms with Crippen molar-refractivity contribution < 1.29 is 17.9 Å². The van der Waals surface area contributed by atoms with Crippen LogP contribution in [0, 0.1) is 0 Å². The molecule has 7 heteroatoms. The van der Waals surface area contributed by atoms with Gasteiger partial charge in [-0.3, -0.25) is 4.79 Å². The van der Waals surface area contributed by atoms with E-state index in [1.807, 2.05) is 31.2 Å². The number of nitrogens with zero attached hydrogens (tertiary/aromatic N) is 1. The van der Waals surface area contributed by atoms with Gasteiger partial charge >= 0.3 is 0 Å². The van der Waals surface area contributed by atoms with Crippen molar-refractivity contribution in [3.63, 3.8) is 0 Å². The Morgan fingerprint density at radius 1 is 1.07 bits per heavy atom. The molecule has 1 amide bonds. The Hall–Kier alpha value is -2.38. The second-order valence-electron chi connectivity index (χ2n) is 7.56. The van der Waals surface area contributed by atoms with Gasteiger partial charge in [0, 0.05) is 18.7 Å². The van der Waals surface area contributed by atoms with Crippen LogP contribution >= 0.6 is 0 Å². The van der Waals surface area contributed by atoms with E-state index in [0.29, 0.717) is 13.1 Å². The monoisotopic (exact) mass is 430 g/mol. The molecule has 1 aliphatic heterocycles. The Morgan fingerprint density at radius 3 is 2.37 bits per heavy atom. The van der Waals surface area contributed by atoms with Crippen LogP contribution in [0.25, 0.3) is 0 Å². The average molecular weight is 431 g/mol. The van der Waals surface area contributed by atoms with E-state index in [9.17, 15) is 13.2 Å². The maximum absolute atomic E-state index is 12.8. The van der Waals surface area contributed by atoms with E-state index in [1.165, 1.54) is 0 Å². The lowest BCUT2D eigenvalue weighted by Gasteiger charge is -2.25. The van der Waals surface area contributed by atoms with Crippen molar-refractivity contribution in [1.29, 1.82) is 0 Å². The predicted octanol–water partition coefficient (Wildman–Crippen LogP) is 3.68. The van der Waals surface area contributed by atoms with Crippen molar-refractivity contribution in [3.8, 4) is 5.75 Å². The largest absolute Gasteiger partial charge is 0.496 e. The molecule has 0 aromatic heterocycles. The number of carbonyl (C=O) groups excluding carboxylic acids is 1. The van der Waals surface area contributed by atoms with Crippen LogP contribution in [0.5, 0.6) is 5.75 Å². The number of sulfonamides is 1. The van der Waals surface area contributed by atoms with Crippen molar-refractivity contribution in [2.45, 2.75) is 50.0 Å². The summed E-state index contributed by atoms with van der Waals surface area (Å²) < 4.78 is 32.5. The van der Waals surface area contributed by atoms with Crippen LogP contribution in [0.4, 0.5) is 0 Å². The molecule has 2 aromatic carbocycles. The molecule has 1 heterocycles. The molecule has 3 rings (SSSR count). The van der Waals surface area contributed by atoms with Crippen LogP contribution in [-0.2, 0) is 21.2 Å². The number of para-hydroxylation sites is 1. The number of amides is 1. The van der Waals surface area contributed by atoms with Gasteiger partial charge in [0.25, 0.3) is 0 Å². The van der Waals surface area contributed by atoms with Gasteiger partial charge in [-0.2, -0.15) is 4.31 Å². The van der Waals surface area contributed by atoms with Gasteiger partial charge in [-0.1, -0.05) is 43.7 Å². The van der Waals surface area contributed by atoms with Crippen LogP contribution in [0.3, 0.4) is 0 Å². The highest BCUT2D eigenvalue weighted by Crippen LogP contribution is 2.27. The molecule has 1 fully saturated rings. The fourth-order valence-corrected chi connectivity index (χ4v) is 5.34. The summed E-state index contributed by atoms with van der Waals surface area (Å²) in [5.74, 6) is 0.635. The van der Waals surface area contributed by atoms with E-state index in [1.54, 1.807) is 35.7 Å². The first kappa shape index (κ1) is 22.3. The van der Waals surface area contributed by atoms with E-state index in [4.69, 9.17) is 4.74 Å². The van der Waals surface area contributed by atoms with E-state index >= 15 is 0 Å². The molecule has 1 N–H and O–H groups in total. The normalized spacial score (nSPS) is 16.1. The first-order chi connectivity index (χ1) is 14.5. The minimum absolute atomic E-state index is 0.112. The molecule has 30 heavy (non-hydrogen) atoms. The maximum atomic E-state index is 12.8. The Bertz CT molecular complexity index is 951. The molecule has 1 unspecified atom stereocenters. The first-order valence-corrected chi connectivity index (χ1v) is 11.9. The van der Waals surface area contributed by atoms with Crippen LogP contribution < -0.4 is 10.1 Å². The SMILES string of the molecule is CCC(NC(=O)Cc1ccc(S(=O)(=O)N2CCCCC2)cc1)c1ccccc1OC. The first-order valence-electron chi connectivity index (χ1n) is 10.5. The van der Waals surface area contributed by atoms with Gasteiger partial charge in [-0.15, -0.1) is 0 Å². The minimum atomic E-state index is -3.46. The third kappa shape index (κ3) is 5.21. The maximum Gasteiger partial charge on any atom is 0.243 e. The molecule has 0 bridgehead atoms. The number of rotatable bonds is 8. The quantitative estimate of drug-likeness (QED) is 0.693.